The summed E-state index contributed by atoms with van der Waals surface area (Å²) in [5, 5.41) is 4.82. The molecule has 3 nitrogen and oxygen atoms in total. The van der Waals surface area contributed by atoms with Crippen LogP contribution in [0.1, 0.15) is 5.56 Å². The van der Waals surface area contributed by atoms with E-state index in [0.717, 1.165) is 5.56 Å². The highest BCUT2D eigenvalue weighted by molar-refractivity contribution is 8.03. The molecule has 0 saturated heterocycles. The first kappa shape index (κ1) is 9.15. The van der Waals surface area contributed by atoms with Gasteiger partial charge in [0.05, 0.1) is 0 Å². The Labute approximate surface area is 86.4 Å². The van der Waals surface area contributed by atoms with Gasteiger partial charge in [-0.2, -0.15) is 0 Å². The summed E-state index contributed by atoms with van der Waals surface area (Å²) in [6, 6.07) is 9.46. The minimum Gasteiger partial charge on any atom is -0.367 e. The van der Waals surface area contributed by atoms with Crippen molar-refractivity contribution in [3.05, 3.63) is 47.5 Å². The minimum absolute atomic E-state index is 0.376. The van der Waals surface area contributed by atoms with Crippen molar-refractivity contribution in [2.75, 3.05) is 0 Å². The van der Waals surface area contributed by atoms with Crippen LogP contribution in [0, 0.1) is 0 Å². The normalized spacial score (nSPS) is 24.6. The van der Waals surface area contributed by atoms with E-state index in [4.69, 9.17) is 5.73 Å². The van der Waals surface area contributed by atoms with Crippen molar-refractivity contribution in [2.24, 2.45) is 5.73 Å². The van der Waals surface area contributed by atoms with Crippen LogP contribution < -0.4 is 11.1 Å². The topological polar surface area (TPSA) is 55.1 Å². The molecule has 1 heterocycles. The van der Waals surface area contributed by atoms with E-state index < -0.39 is 4.87 Å². The van der Waals surface area contributed by atoms with E-state index in [1.54, 1.807) is 6.20 Å². The zero-order valence-corrected chi connectivity index (χ0v) is 8.25. The fourth-order valence-electron chi connectivity index (χ4n) is 1.42. The van der Waals surface area contributed by atoms with Crippen LogP contribution in [0.5, 0.6) is 0 Å². The Hall–Kier alpha value is -1.42. The standard InChI is InChI=1S/C10H10N2OS/c11-9(13)10(12-6-7-14-10)8-4-2-1-3-5-8/h1-7,12H,(H2,11,13). The van der Waals surface area contributed by atoms with Crippen LogP contribution in [0.15, 0.2) is 41.9 Å². The largest absolute Gasteiger partial charge is 0.367 e. The van der Waals surface area contributed by atoms with Crippen molar-refractivity contribution in [3.63, 3.8) is 0 Å². The van der Waals surface area contributed by atoms with Crippen molar-refractivity contribution < 1.29 is 4.79 Å². The lowest BCUT2D eigenvalue weighted by atomic mass is 10.1. The van der Waals surface area contributed by atoms with Crippen molar-refractivity contribution in [1.82, 2.24) is 5.32 Å². The van der Waals surface area contributed by atoms with Gasteiger partial charge in [-0.25, -0.2) is 0 Å². The molecule has 1 aliphatic rings. The molecule has 14 heavy (non-hydrogen) atoms. The number of benzene rings is 1. The number of rotatable bonds is 2. The number of nitrogens with two attached hydrogens (primary N) is 1. The molecule has 1 unspecified atom stereocenters. The van der Waals surface area contributed by atoms with Crippen molar-refractivity contribution in [3.8, 4) is 0 Å². The maximum absolute atomic E-state index is 11.4. The number of nitrogens with one attached hydrogen (secondary N) is 1. The molecule has 4 heteroatoms. The molecule has 0 bridgehead atoms. The number of primary amides is 1. The molecule has 3 N–H and O–H groups in total. The lowest BCUT2D eigenvalue weighted by Gasteiger charge is -2.25. The number of hydrogen-bond acceptors (Lipinski definition) is 3. The summed E-state index contributed by atoms with van der Waals surface area (Å²) in [4.78, 5) is 10.6. The van der Waals surface area contributed by atoms with Crippen LogP contribution in [-0.4, -0.2) is 5.91 Å². The van der Waals surface area contributed by atoms with Crippen LogP contribution in [0.4, 0.5) is 0 Å². The van der Waals surface area contributed by atoms with Gasteiger partial charge in [0.1, 0.15) is 0 Å². The smallest absolute Gasteiger partial charge is 0.258 e. The highest BCUT2D eigenvalue weighted by Gasteiger charge is 2.39. The number of amides is 1. The van der Waals surface area contributed by atoms with Crippen molar-refractivity contribution in [1.29, 1.82) is 0 Å². The van der Waals surface area contributed by atoms with E-state index in [0.29, 0.717) is 0 Å². The number of carbonyl (C=O) groups excluding carboxylic acids is 1. The summed E-state index contributed by atoms with van der Waals surface area (Å²) >= 11 is 1.38. The van der Waals surface area contributed by atoms with Gasteiger partial charge in [-0.3, -0.25) is 4.79 Å². The molecule has 0 spiro atoms. The molecule has 0 aromatic heterocycles. The molecular weight excluding hydrogens is 196 g/mol. The van der Waals surface area contributed by atoms with E-state index in [9.17, 15) is 4.79 Å². The molecule has 0 saturated carbocycles. The van der Waals surface area contributed by atoms with Crippen molar-refractivity contribution in [2.45, 2.75) is 4.87 Å². The third-order valence-electron chi connectivity index (χ3n) is 2.13. The second-order valence-corrected chi connectivity index (χ2v) is 4.10. The van der Waals surface area contributed by atoms with Gasteiger partial charge in [0.2, 0.25) is 0 Å². The monoisotopic (exact) mass is 206 g/mol. The lowest BCUT2D eigenvalue weighted by Crippen LogP contribution is -2.45. The zero-order chi connectivity index (χ0) is 10.0. The van der Waals surface area contributed by atoms with Crippen LogP contribution in [-0.2, 0) is 9.67 Å². The Bertz CT molecular complexity index is 367. The Morgan fingerprint density at radius 1 is 1.36 bits per heavy atom. The SMILES string of the molecule is NC(=O)C1(c2ccccc2)NC=CS1. The van der Waals surface area contributed by atoms with Crippen LogP contribution in [0.3, 0.4) is 0 Å². The zero-order valence-electron chi connectivity index (χ0n) is 7.44. The molecule has 0 fully saturated rings. The van der Waals surface area contributed by atoms with Gasteiger partial charge in [0.15, 0.2) is 4.87 Å². The van der Waals surface area contributed by atoms with E-state index in [-0.39, 0.29) is 5.91 Å². The first-order valence-corrected chi connectivity index (χ1v) is 5.09. The molecule has 1 amide bonds. The molecule has 1 atom stereocenters. The first-order chi connectivity index (χ1) is 6.76. The summed E-state index contributed by atoms with van der Waals surface area (Å²) in [6.45, 7) is 0. The summed E-state index contributed by atoms with van der Waals surface area (Å²) in [5.74, 6) is -0.376. The van der Waals surface area contributed by atoms with E-state index in [1.165, 1.54) is 11.8 Å². The van der Waals surface area contributed by atoms with Gasteiger partial charge < -0.3 is 11.1 Å². The number of hydrogen-bond donors (Lipinski definition) is 2. The summed E-state index contributed by atoms with van der Waals surface area (Å²) < 4.78 is 0. The predicted molar refractivity (Wildman–Crippen MR) is 57.2 cm³/mol. The molecule has 0 radical (unpaired) electrons. The lowest BCUT2D eigenvalue weighted by molar-refractivity contribution is -0.121. The molecule has 1 aliphatic heterocycles. The van der Waals surface area contributed by atoms with Crippen LogP contribution in [0.2, 0.25) is 0 Å². The van der Waals surface area contributed by atoms with Crippen molar-refractivity contribution >= 4 is 17.7 Å². The summed E-state index contributed by atoms with van der Waals surface area (Å²) in [7, 11) is 0. The molecule has 2 rings (SSSR count). The molecule has 1 aromatic carbocycles. The summed E-state index contributed by atoms with van der Waals surface area (Å²) in [5.41, 5.74) is 6.28. The first-order valence-electron chi connectivity index (χ1n) is 4.22. The Morgan fingerprint density at radius 3 is 2.57 bits per heavy atom. The minimum atomic E-state index is -0.818. The van der Waals surface area contributed by atoms with Gasteiger partial charge >= 0.3 is 0 Å². The predicted octanol–water partition coefficient (Wildman–Crippen LogP) is 1.13. The Morgan fingerprint density at radius 2 is 2.07 bits per heavy atom. The Balaban J connectivity index is 2.43. The maximum atomic E-state index is 11.4. The van der Waals surface area contributed by atoms with Gasteiger partial charge in [0.25, 0.3) is 5.91 Å². The highest BCUT2D eigenvalue weighted by atomic mass is 32.2. The summed E-state index contributed by atoms with van der Waals surface area (Å²) in [6.07, 6.45) is 1.74. The number of thioether (sulfide) groups is 1. The van der Waals surface area contributed by atoms with E-state index in [2.05, 4.69) is 5.32 Å². The van der Waals surface area contributed by atoms with E-state index >= 15 is 0 Å². The quantitative estimate of drug-likeness (QED) is 0.762. The van der Waals surface area contributed by atoms with Gasteiger partial charge in [-0.1, -0.05) is 42.1 Å². The molecule has 72 valence electrons. The Kier molecular flexibility index (Phi) is 2.21. The molecular formula is C10H10N2OS. The third-order valence-corrected chi connectivity index (χ3v) is 3.31. The third kappa shape index (κ3) is 1.28. The van der Waals surface area contributed by atoms with Crippen LogP contribution >= 0.6 is 11.8 Å². The maximum Gasteiger partial charge on any atom is 0.258 e. The fourth-order valence-corrected chi connectivity index (χ4v) is 2.28. The van der Waals surface area contributed by atoms with E-state index in [1.807, 2.05) is 35.7 Å². The van der Waals surface area contributed by atoms with Gasteiger partial charge in [-0.15, -0.1) is 0 Å². The highest BCUT2D eigenvalue weighted by Crippen LogP contribution is 2.37. The molecule has 1 aromatic rings. The average molecular weight is 206 g/mol. The molecule has 0 aliphatic carbocycles. The fraction of sp³-hybridized carbons (Fsp3) is 0.100. The van der Waals surface area contributed by atoms with Gasteiger partial charge in [-0.05, 0) is 11.0 Å². The number of carbonyl (C=O) groups is 1. The second-order valence-electron chi connectivity index (χ2n) is 2.98. The van der Waals surface area contributed by atoms with Gasteiger partial charge in [0, 0.05) is 6.20 Å². The second kappa shape index (κ2) is 3.38. The average Bonchev–Trinajstić information content (AvgIpc) is 2.69. The van der Waals surface area contributed by atoms with Crippen LogP contribution in [0.25, 0.3) is 0 Å².